The van der Waals surface area contributed by atoms with Crippen molar-refractivity contribution in [1.82, 2.24) is 9.97 Å². The fourth-order valence-electron chi connectivity index (χ4n) is 1.58. The molecule has 0 fully saturated rings. The zero-order valence-electron chi connectivity index (χ0n) is 10.1. The summed E-state index contributed by atoms with van der Waals surface area (Å²) >= 11 is 0. The lowest BCUT2D eigenvalue weighted by molar-refractivity contribution is 0.0684. The van der Waals surface area contributed by atoms with E-state index in [0.29, 0.717) is 5.69 Å². The van der Waals surface area contributed by atoms with Crippen LogP contribution in [0.3, 0.4) is 0 Å². The first-order chi connectivity index (χ1) is 9.11. The molecule has 6 nitrogen and oxygen atoms in total. The molecular weight excluding hydrogens is 246 g/mol. The molecule has 0 saturated carbocycles. The van der Waals surface area contributed by atoms with Gasteiger partial charge in [0.15, 0.2) is 11.4 Å². The first-order valence-corrected chi connectivity index (χ1v) is 5.48. The number of aromatic carboxylic acids is 1. The van der Waals surface area contributed by atoms with Gasteiger partial charge in [0.1, 0.15) is 0 Å². The van der Waals surface area contributed by atoms with Gasteiger partial charge < -0.3 is 10.0 Å². The molecule has 2 rings (SSSR count). The highest BCUT2D eigenvalue weighted by Gasteiger charge is 2.22. The largest absolute Gasteiger partial charge is 0.476 e. The van der Waals surface area contributed by atoms with E-state index in [9.17, 15) is 9.59 Å². The predicted molar refractivity (Wildman–Crippen MR) is 68.2 cm³/mol. The van der Waals surface area contributed by atoms with Crippen LogP contribution in [-0.4, -0.2) is 34.0 Å². The molecule has 96 valence electrons. The molecule has 19 heavy (non-hydrogen) atoms. The molecule has 1 heterocycles. The molecule has 0 aliphatic rings. The van der Waals surface area contributed by atoms with Gasteiger partial charge in [-0.25, -0.2) is 14.8 Å². The summed E-state index contributed by atoms with van der Waals surface area (Å²) in [6.45, 7) is 0. The third kappa shape index (κ3) is 2.57. The molecule has 0 aliphatic carbocycles. The van der Waals surface area contributed by atoms with Crippen molar-refractivity contribution in [1.29, 1.82) is 0 Å². The van der Waals surface area contributed by atoms with Crippen LogP contribution in [-0.2, 0) is 0 Å². The Bertz CT molecular complexity index is 614. The molecule has 1 aromatic heterocycles. The van der Waals surface area contributed by atoms with Gasteiger partial charge in [-0.3, -0.25) is 4.79 Å². The SMILES string of the molecule is CN(C(=O)c1nccnc1C(=O)O)c1ccccc1. The van der Waals surface area contributed by atoms with Gasteiger partial charge in [0.2, 0.25) is 0 Å². The Morgan fingerprint density at radius 3 is 2.21 bits per heavy atom. The van der Waals surface area contributed by atoms with Crippen LogP contribution in [0.2, 0.25) is 0 Å². The fraction of sp³-hybridized carbons (Fsp3) is 0.0769. The van der Waals surface area contributed by atoms with Crippen LogP contribution >= 0.6 is 0 Å². The molecule has 0 unspecified atom stereocenters. The third-order valence-electron chi connectivity index (χ3n) is 2.55. The number of aromatic nitrogens is 2. The molecule has 0 saturated heterocycles. The highest BCUT2D eigenvalue weighted by atomic mass is 16.4. The normalized spacial score (nSPS) is 9.95. The Hall–Kier alpha value is -2.76. The van der Waals surface area contributed by atoms with E-state index < -0.39 is 11.9 Å². The molecule has 1 amide bonds. The number of benzene rings is 1. The molecule has 1 aromatic carbocycles. The van der Waals surface area contributed by atoms with Gasteiger partial charge in [0, 0.05) is 25.1 Å². The van der Waals surface area contributed by atoms with Crippen LogP contribution in [0.15, 0.2) is 42.7 Å². The average Bonchev–Trinajstić information content (AvgIpc) is 2.46. The van der Waals surface area contributed by atoms with Crippen molar-refractivity contribution in [3.63, 3.8) is 0 Å². The molecule has 2 aromatic rings. The molecule has 6 heteroatoms. The standard InChI is InChI=1S/C13H11N3O3/c1-16(9-5-3-2-4-6-9)12(17)10-11(13(18)19)15-8-7-14-10/h2-8H,1H3,(H,18,19). The van der Waals surface area contributed by atoms with Crippen LogP contribution in [0.5, 0.6) is 0 Å². The first kappa shape index (κ1) is 12.7. The second-order valence-corrected chi connectivity index (χ2v) is 3.76. The van der Waals surface area contributed by atoms with Crippen LogP contribution in [0, 0.1) is 0 Å². The van der Waals surface area contributed by atoms with E-state index in [1.165, 1.54) is 17.3 Å². The number of amides is 1. The number of carbonyl (C=O) groups excluding carboxylic acids is 1. The predicted octanol–water partition coefficient (Wildman–Crippen LogP) is 1.45. The number of para-hydroxylation sites is 1. The van der Waals surface area contributed by atoms with Gasteiger partial charge in [-0.15, -0.1) is 0 Å². The maximum Gasteiger partial charge on any atom is 0.356 e. The van der Waals surface area contributed by atoms with Gasteiger partial charge >= 0.3 is 5.97 Å². The Morgan fingerprint density at radius 1 is 1.05 bits per heavy atom. The fourth-order valence-corrected chi connectivity index (χ4v) is 1.58. The summed E-state index contributed by atoms with van der Waals surface area (Å²) < 4.78 is 0. The van der Waals surface area contributed by atoms with Crippen molar-refractivity contribution >= 4 is 17.6 Å². The van der Waals surface area contributed by atoms with Gasteiger partial charge in [0.05, 0.1) is 0 Å². The lowest BCUT2D eigenvalue weighted by Crippen LogP contribution is -2.29. The molecule has 0 radical (unpaired) electrons. The van der Waals surface area contributed by atoms with E-state index in [0.717, 1.165) is 0 Å². The molecule has 0 bridgehead atoms. The summed E-state index contributed by atoms with van der Waals surface area (Å²) in [5.41, 5.74) is 0.117. The second kappa shape index (κ2) is 5.26. The quantitative estimate of drug-likeness (QED) is 0.899. The van der Waals surface area contributed by atoms with Crippen LogP contribution in [0.25, 0.3) is 0 Å². The van der Waals surface area contributed by atoms with E-state index in [-0.39, 0.29) is 11.4 Å². The maximum atomic E-state index is 12.2. The number of carboxylic acids is 1. The van der Waals surface area contributed by atoms with Crippen molar-refractivity contribution in [2.45, 2.75) is 0 Å². The minimum absolute atomic E-state index is 0.179. The van der Waals surface area contributed by atoms with Gasteiger partial charge in [0.25, 0.3) is 5.91 Å². The molecule has 0 spiro atoms. The van der Waals surface area contributed by atoms with Gasteiger partial charge in [-0.2, -0.15) is 0 Å². The zero-order chi connectivity index (χ0) is 13.8. The summed E-state index contributed by atoms with van der Waals surface area (Å²) in [5.74, 6) is -1.80. The lowest BCUT2D eigenvalue weighted by Gasteiger charge is -2.17. The van der Waals surface area contributed by atoms with Crippen LogP contribution in [0.1, 0.15) is 21.0 Å². The number of nitrogens with zero attached hydrogens (tertiary/aromatic N) is 3. The van der Waals surface area contributed by atoms with Crippen molar-refractivity contribution in [3.8, 4) is 0 Å². The van der Waals surface area contributed by atoms with Gasteiger partial charge in [-0.05, 0) is 12.1 Å². The van der Waals surface area contributed by atoms with Crippen LogP contribution in [0.4, 0.5) is 5.69 Å². The van der Waals surface area contributed by atoms with Crippen molar-refractivity contribution in [3.05, 3.63) is 54.1 Å². The van der Waals surface area contributed by atoms with Crippen molar-refractivity contribution in [2.24, 2.45) is 0 Å². The minimum atomic E-state index is -1.28. The summed E-state index contributed by atoms with van der Waals surface area (Å²) in [6, 6.07) is 8.89. The Kier molecular flexibility index (Phi) is 3.51. The Balaban J connectivity index is 2.38. The third-order valence-corrected chi connectivity index (χ3v) is 2.55. The maximum absolute atomic E-state index is 12.2. The topological polar surface area (TPSA) is 83.4 Å². The molecule has 1 N–H and O–H groups in total. The Morgan fingerprint density at radius 2 is 1.63 bits per heavy atom. The number of hydrogen-bond donors (Lipinski definition) is 1. The smallest absolute Gasteiger partial charge is 0.356 e. The van der Waals surface area contributed by atoms with Gasteiger partial charge in [-0.1, -0.05) is 18.2 Å². The lowest BCUT2D eigenvalue weighted by atomic mass is 10.2. The zero-order valence-corrected chi connectivity index (χ0v) is 10.1. The summed E-state index contributed by atoms with van der Waals surface area (Å²) in [7, 11) is 1.55. The summed E-state index contributed by atoms with van der Waals surface area (Å²) in [5, 5.41) is 8.99. The van der Waals surface area contributed by atoms with E-state index in [4.69, 9.17) is 5.11 Å². The van der Waals surface area contributed by atoms with Crippen molar-refractivity contribution in [2.75, 3.05) is 11.9 Å². The van der Waals surface area contributed by atoms with Crippen molar-refractivity contribution < 1.29 is 14.7 Å². The Labute approximate surface area is 109 Å². The summed E-state index contributed by atoms with van der Waals surface area (Å²) in [4.78, 5) is 32.1. The average molecular weight is 257 g/mol. The first-order valence-electron chi connectivity index (χ1n) is 5.48. The summed E-state index contributed by atoms with van der Waals surface area (Å²) in [6.07, 6.45) is 2.53. The van der Waals surface area contributed by atoms with Crippen LogP contribution < -0.4 is 4.90 Å². The number of anilines is 1. The minimum Gasteiger partial charge on any atom is -0.476 e. The number of carboxylic acid groups (broad SMARTS) is 1. The molecule has 0 atom stereocenters. The van der Waals surface area contributed by atoms with E-state index in [1.54, 1.807) is 31.3 Å². The highest BCUT2D eigenvalue weighted by Crippen LogP contribution is 2.15. The number of hydrogen-bond acceptors (Lipinski definition) is 4. The van der Waals surface area contributed by atoms with E-state index in [2.05, 4.69) is 9.97 Å². The monoisotopic (exact) mass is 257 g/mol. The van der Waals surface area contributed by atoms with E-state index in [1.807, 2.05) is 6.07 Å². The highest BCUT2D eigenvalue weighted by molar-refractivity contribution is 6.09. The second-order valence-electron chi connectivity index (χ2n) is 3.76. The van der Waals surface area contributed by atoms with E-state index >= 15 is 0 Å². The molecule has 0 aliphatic heterocycles. The number of carbonyl (C=O) groups is 2. The number of rotatable bonds is 3. The molecular formula is C13H11N3O3.